The maximum Gasteiger partial charge on any atom is 0.170 e. The number of nitrogens with zero attached hydrogens (tertiary/aromatic N) is 3. The van der Waals surface area contributed by atoms with Crippen LogP contribution >= 0.6 is 11.3 Å². The maximum atomic E-state index is 8.72. The van der Waals surface area contributed by atoms with Gasteiger partial charge in [-0.15, -0.1) is 11.3 Å². The van der Waals surface area contributed by atoms with Gasteiger partial charge in [-0.25, -0.2) is 4.98 Å². The Morgan fingerprint density at radius 3 is 2.18 bits per heavy atom. The molecule has 3 N–H and O–H groups in total. The van der Waals surface area contributed by atoms with Crippen molar-refractivity contribution in [1.82, 2.24) is 9.88 Å². The van der Waals surface area contributed by atoms with Crippen LogP contribution in [0.15, 0.2) is 53.7 Å². The number of amidine groups is 1. The number of oxime groups is 1. The van der Waals surface area contributed by atoms with Crippen LogP contribution in [0.4, 0.5) is 0 Å². The van der Waals surface area contributed by atoms with E-state index in [1.165, 1.54) is 48.8 Å². The lowest BCUT2D eigenvalue weighted by atomic mass is 9.97. The third-order valence-corrected chi connectivity index (χ3v) is 8.13. The Balaban J connectivity index is 1.16. The van der Waals surface area contributed by atoms with Crippen LogP contribution in [0.25, 0.3) is 11.3 Å². The first kappa shape index (κ1) is 27.9. The molecule has 1 aromatic heterocycles. The fraction of sp³-hybridized carbons (Fsp3) is 0.467. The summed E-state index contributed by atoms with van der Waals surface area (Å²) in [4.78, 5) is 8.95. The molecule has 0 atom stereocenters. The predicted molar refractivity (Wildman–Crippen MR) is 155 cm³/mol. The molecule has 0 amide bonds. The number of aromatic nitrogens is 1. The summed E-state index contributed by atoms with van der Waals surface area (Å²) in [7, 11) is 0. The zero-order valence-corrected chi connectivity index (χ0v) is 23.4. The molecule has 0 saturated carbocycles. The van der Waals surface area contributed by atoms with E-state index in [1.54, 1.807) is 12.1 Å². The summed E-state index contributed by atoms with van der Waals surface area (Å²) >= 11 is 1.87. The van der Waals surface area contributed by atoms with E-state index in [9.17, 15) is 0 Å². The average molecular weight is 537 g/mol. The van der Waals surface area contributed by atoms with E-state index in [0.717, 1.165) is 42.0 Å². The molecule has 38 heavy (non-hydrogen) atoms. The molecular formula is C30H40N4O3S. The summed E-state index contributed by atoms with van der Waals surface area (Å²) < 4.78 is 11.7. The summed E-state index contributed by atoms with van der Waals surface area (Å²) in [5.41, 5.74) is 8.52. The second-order valence-corrected chi connectivity index (χ2v) is 11.1. The molecule has 3 aromatic rings. The van der Waals surface area contributed by atoms with Gasteiger partial charge in [0.1, 0.15) is 11.5 Å². The Kier molecular flexibility index (Phi) is 10.4. The molecule has 2 heterocycles. The van der Waals surface area contributed by atoms with Crippen LogP contribution in [0, 0.1) is 6.92 Å². The van der Waals surface area contributed by atoms with E-state index < -0.39 is 0 Å². The molecule has 204 valence electrons. The first-order chi connectivity index (χ1) is 18.6. The third-order valence-electron chi connectivity index (χ3n) is 7.00. The van der Waals surface area contributed by atoms with E-state index in [4.69, 9.17) is 25.4 Å². The van der Waals surface area contributed by atoms with Crippen LogP contribution in [0.3, 0.4) is 0 Å². The highest BCUT2D eigenvalue weighted by Crippen LogP contribution is 2.36. The lowest BCUT2D eigenvalue weighted by molar-refractivity contribution is 0.212. The van der Waals surface area contributed by atoms with Crippen LogP contribution in [-0.4, -0.2) is 53.8 Å². The van der Waals surface area contributed by atoms with Crippen LogP contribution < -0.4 is 15.2 Å². The molecule has 1 saturated heterocycles. The second kappa shape index (κ2) is 14.2. The average Bonchev–Trinajstić information content (AvgIpc) is 3.34. The SMILES string of the molecule is CCCN1CCC(c2nc(-c3ccc(OCCCCCOc4ccc(/C(N)=N/O)cc4)cc3)c(C)s2)CC1. The quantitative estimate of drug-likeness (QED) is 0.0860. The number of piperidine rings is 1. The van der Waals surface area contributed by atoms with Gasteiger partial charge in [-0.2, -0.15) is 0 Å². The Labute approximate surface area is 230 Å². The van der Waals surface area contributed by atoms with Gasteiger partial charge in [0.05, 0.1) is 23.9 Å². The summed E-state index contributed by atoms with van der Waals surface area (Å²) in [6.07, 6.45) is 6.62. The molecule has 1 fully saturated rings. The highest BCUT2D eigenvalue weighted by molar-refractivity contribution is 7.12. The van der Waals surface area contributed by atoms with Crippen molar-refractivity contribution in [2.45, 2.75) is 58.3 Å². The molecule has 0 radical (unpaired) electrons. The molecule has 2 aromatic carbocycles. The van der Waals surface area contributed by atoms with E-state index in [0.29, 0.717) is 24.7 Å². The lowest BCUT2D eigenvalue weighted by Gasteiger charge is -2.30. The van der Waals surface area contributed by atoms with Crippen LogP contribution in [0.2, 0.25) is 0 Å². The van der Waals surface area contributed by atoms with E-state index >= 15 is 0 Å². The van der Waals surface area contributed by atoms with E-state index in [1.807, 2.05) is 23.5 Å². The zero-order valence-electron chi connectivity index (χ0n) is 22.6. The van der Waals surface area contributed by atoms with Crippen molar-refractivity contribution in [1.29, 1.82) is 0 Å². The number of hydrogen-bond donors (Lipinski definition) is 2. The fourth-order valence-corrected chi connectivity index (χ4v) is 5.94. The molecular weight excluding hydrogens is 496 g/mol. The molecule has 0 bridgehead atoms. The molecule has 0 aliphatic carbocycles. The van der Waals surface area contributed by atoms with Crippen LogP contribution in [0.5, 0.6) is 11.5 Å². The number of benzene rings is 2. The molecule has 8 heteroatoms. The van der Waals surface area contributed by atoms with Crippen molar-refractivity contribution in [3.8, 4) is 22.8 Å². The third kappa shape index (κ3) is 7.71. The number of thiazole rings is 1. The minimum absolute atomic E-state index is 0.0901. The first-order valence-corrected chi connectivity index (χ1v) is 14.5. The standard InChI is InChI=1S/C30H40N4O3S/c1-3-17-34-18-15-25(16-19-34)30-32-28(22(2)38-30)23-7-11-26(12-8-23)36-20-5-4-6-21-37-27-13-9-24(10-14-27)29(31)33-35/h7-14,25,35H,3-6,15-21H2,1-2H3,(H2,31,33). The molecule has 0 spiro atoms. The first-order valence-electron chi connectivity index (χ1n) is 13.7. The Bertz CT molecular complexity index is 1150. The van der Waals surface area contributed by atoms with Crippen LogP contribution in [-0.2, 0) is 0 Å². The summed E-state index contributed by atoms with van der Waals surface area (Å²) in [5.74, 6) is 2.36. The van der Waals surface area contributed by atoms with Gasteiger partial charge in [-0.1, -0.05) is 12.1 Å². The molecule has 7 nitrogen and oxygen atoms in total. The number of hydrogen-bond acceptors (Lipinski definition) is 7. The van der Waals surface area contributed by atoms with Gasteiger partial charge < -0.3 is 25.3 Å². The monoisotopic (exact) mass is 536 g/mol. The summed E-state index contributed by atoms with van der Waals surface area (Å²) in [6, 6.07) is 15.6. The van der Waals surface area contributed by atoms with E-state index in [2.05, 4.69) is 48.2 Å². The van der Waals surface area contributed by atoms with Crippen molar-refractivity contribution in [2.24, 2.45) is 10.9 Å². The maximum absolute atomic E-state index is 8.72. The van der Waals surface area contributed by atoms with Crippen molar-refractivity contribution in [3.05, 3.63) is 64.0 Å². The van der Waals surface area contributed by atoms with Gasteiger partial charge in [-0.3, -0.25) is 0 Å². The largest absolute Gasteiger partial charge is 0.494 e. The number of aryl methyl sites for hydroxylation is 1. The summed E-state index contributed by atoms with van der Waals surface area (Å²) in [6.45, 7) is 9.37. The second-order valence-electron chi connectivity index (χ2n) is 9.86. The Morgan fingerprint density at radius 1 is 1.00 bits per heavy atom. The minimum atomic E-state index is 0.0901. The van der Waals surface area contributed by atoms with Gasteiger partial charge in [0.2, 0.25) is 0 Å². The smallest absolute Gasteiger partial charge is 0.170 e. The van der Waals surface area contributed by atoms with E-state index in [-0.39, 0.29) is 5.84 Å². The number of likely N-dealkylation sites (tertiary alicyclic amines) is 1. The predicted octanol–water partition coefficient (Wildman–Crippen LogP) is 6.43. The molecule has 1 aliphatic rings. The van der Waals surface area contributed by atoms with Crippen molar-refractivity contribution in [3.63, 3.8) is 0 Å². The normalized spacial score (nSPS) is 15.1. The number of unbranched alkanes of at least 4 members (excludes halogenated alkanes) is 2. The fourth-order valence-electron chi connectivity index (χ4n) is 4.83. The van der Waals surface area contributed by atoms with Crippen molar-refractivity contribution >= 4 is 17.2 Å². The topological polar surface area (TPSA) is 93.2 Å². The van der Waals surface area contributed by atoms with Gasteiger partial charge >= 0.3 is 0 Å². The highest BCUT2D eigenvalue weighted by Gasteiger charge is 2.23. The number of rotatable bonds is 13. The van der Waals surface area contributed by atoms with Gasteiger partial charge in [-0.05, 0) is 114 Å². The Morgan fingerprint density at radius 2 is 1.61 bits per heavy atom. The lowest BCUT2D eigenvalue weighted by Crippen LogP contribution is -2.33. The van der Waals surface area contributed by atoms with Crippen molar-refractivity contribution in [2.75, 3.05) is 32.8 Å². The zero-order chi connectivity index (χ0) is 26.7. The number of nitrogens with two attached hydrogens (primary N) is 1. The van der Waals surface area contributed by atoms with Gasteiger partial charge in [0.25, 0.3) is 0 Å². The van der Waals surface area contributed by atoms with Gasteiger partial charge in [0, 0.05) is 21.9 Å². The Hall–Kier alpha value is -3.10. The summed E-state index contributed by atoms with van der Waals surface area (Å²) in [5, 5.41) is 13.0. The van der Waals surface area contributed by atoms with Gasteiger partial charge in [0.15, 0.2) is 5.84 Å². The molecule has 1 aliphatic heterocycles. The molecule has 4 rings (SSSR count). The van der Waals surface area contributed by atoms with Crippen molar-refractivity contribution < 1.29 is 14.7 Å². The molecule has 0 unspecified atom stereocenters. The minimum Gasteiger partial charge on any atom is -0.494 e. The number of ether oxygens (including phenoxy) is 2. The highest BCUT2D eigenvalue weighted by atomic mass is 32.1. The van der Waals surface area contributed by atoms with Crippen LogP contribution in [0.1, 0.15) is 66.8 Å².